The van der Waals surface area contributed by atoms with E-state index < -0.39 is 11.9 Å². The van der Waals surface area contributed by atoms with E-state index in [1.54, 1.807) is 45.2 Å². The van der Waals surface area contributed by atoms with Crippen molar-refractivity contribution in [3.63, 3.8) is 0 Å². The maximum atomic E-state index is 13.1. The number of ether oxygens (including phenoxy) is 3. The Morgan fingerprint density at radius 3 is 2.18 bits per heavy atom. The highest BCUT2D eigenvalue weighted by molar-refractivity contribution is 6.30. The third-order valence-electron chi connectivity index (χ3n) is 4.09. The molecule has 0 aliphatic carbocycles. The van der Waals surface area contributed by atoms with Gasteiger partial charge in [-0.15, -0.1) is 0 Å². The summed E-state index contributed by atoms with van der Waals surface area (Å²) in [6, 6.07) is 6.34. The van der Waals surface area contributed by atoms with Gasteiger partial charge in [0.2, 0.25) is 5.78 Å². The lowest BCUT2D eigenvalue weighted by molar-refractivity contribution is -0.142. The molecule has 0 fully saturated rings. The summed E-state index contributed by atoms with van der Waals surface area (Å²) >= 11 is 5.89. The largest absolute Gasteiger partial charge is 0.493 e. The van der Waals surface area contributed by atoms with Gasteiger partial charge in [-0.05, 0) is 38.1 Å². The van der Waals surface area contributed by atoms with Crippen LogP contribution in [0.4, 0.5) is 0 Å². The van der Waals surface area contributed by atoms with Crippen LogP contribution in [0.2, 0.25) is 5.02 Å². The van der Waals surface area contributed by atoms with Crippen LogP contribution in [0.3, 0.4) is 0 Å². The smallest absolute Gasteiger partial charge is 0.343 e. The van der Waals surface area contributed by atoms with E-state index in [0.717, 1.165) is 0 Å². The van der Waals surface area contributed by atoms with Crippen LogP contribution in [-0.2, 0) is 27.7 Å². The molecular formula is C20H22ClNO6. The fourth-order valence-corrected chi connectivity index (χ4v) is 2.99. The van der Waals surface area contributed by atoms with E-state index in [2.05, 4.69) is 0 Å². The highest BCUT2D eigenvalue weighted by atomic mass is 35.5. The summed E-state index contributed by atoms with van der Waals surface area (Å²) in [5.74, 6) is -1.52. The summed E-state index contributed by atoms with van der Waals surface area (Å²) in [5, 5.41) is 0.491. The number of aromatic nitrogens is 1. The average Bonchev–Trinajstić information content (AvgIpc) is 2.94. The number of halogens is 1. The maximum Gasteiger partial charge on any atom is 0.343 e. The lowest BCUT2D eigenvalue weighted by atomic mass is 10.1. The lowest BCUT2D eigenvalue weighted by Crippen LogP contribution is -2.16. The minimum atomic E-state index is -0.676. The van der Waals surface area contributed by atoms with Gasteiger partial charge in [-0.2, -0.15) is 0 Å². The molecule has 0 bridgehead atoms. The van der Waals surface area contributed by atoms with Crippen molar-refractivity contribution in [2.45, 2.75) is 20.3 Å². The predicted octanol–water partition coefficient (Wildman–Crippen LogP) is 3.20. The number of esters is 2. The summed E-state index contributed by atoms with van der Waals surface area (Å²) in [6.45, 7) is 3.69. The Labute approximate surface area is 168 Å². The van der Waals surface area contributed by atoms with Gasteiger partial charge in [0.25, 0.3) is 0 Å². The number of rotatable bonds is 8. The molecule has 0 atom stereocenters. The summed E-state index contributed by atoms with van der Waals surface area (Å²) in [7, 11) is 2.94. The molecule has 2 aromatic rings. The topological polar surface area (TPSA) is 83.8 Å². The Bertz CT molecular complexity index is 885. The molecule has 0 amide bonds. The Kier molecular flexibility index (Phi) is 7.23. The second-order valence-corrected chi connectivity index (χ2v) is 6.24. The Morgan fingerprint density at radius 2 is 1.64 bits per heavy atom. The monoisotopic (exact) mass is 407 g/mol. The number of ketones is 1. The first kappa shape index (κ1) is 21.5. The second-order valence-electron chi connectivity index (χ2n) is 5.80. The van der Waals surface area contributed by atoms with Crippen LogP contribution in [0.25, 0.3) is 0 Å². The average molecular weight is 408 g/mol. The van der Waals surface area contributed by atoms with Crippen molar-refractivity contribution in [1.82, 2.24) is 4.57 Å². The van der Waals surface area contributed by atoms with Crippen molar-refractivity contribution in [3.8, 4) is 5.75 Å². The number of hydrogen-bond acceptors (Lipinski definition) is 6. The molecule has 0 spiro atoms. The molecule has 0 radical (unpaired) electrons. The molecule has 1 aromatic carbocycles. The highest BCUT2D eigenvalue weighted by Gasteiger charge is 2.32. The molecule has 0 saturated heterocycles. The molecule has 0 aliphatic heterocycles. The summed E-state index contributed by atoms with van der Waals surface area (Å²) in [6.07, 6.45) is -0.206. The van der Waals surface area contributed by atoms with Crippen molar-refractivity contribution in [1.29, 1.82) is 0 Å². The summed E-state index contributed by atoms with van der Waals surface area (Å²) in [5.41, 5.74) is 0.817. The molecule has 0 saturated carbocycles. The molecule has 0 aliphatic rings. The van der Waals surface area contributed by atoms with Crippen LogP contribution in [0, 0.1) is 0 Å². The number of carbonyl (C=O) groups excluding carboxylic acids is 3. The number of methoxy groups -OCH3 is 1. The van der Waals surface area contributed by atoms with Gasteiger partial charge in [0.15, 0.2) is 5.75 Å². The first-order valence-corrected chi connectivity index (χ1v) is 9.11. The maximum absolute atomic E-state index is 13.1. The molecule has 1 heterocycles. The third-order valence-corrected chi connectivity index (χ3v) is 4.35. The quantitative estimate of drug-likeness (QED) is 0.493. The van der Waals surface area contributed by atoms with E-state index >= 15 is 0 Å². The van der Waals surface area contributed by atoms with Crippen molar-refractivity contribution >= 4 is 29.3 Å². The van der Waals surface area contributed by atoms with Gasteiger partial charge >= 0.3 is 11.9 Å². The SMILES string of the molecule is CCOC(=O)Cc1c(C(=O)OCC)c(OC)c(C(=O)c2ccc(Cl)cc2)n1C. The van der Waals surface area contributed by atoms with Gasteiger partial charge in [-0.3, -0.25) is 9.59 Å². The van der Waals surface area contributed by atoms with Crippen molar-refractivity contribution in [3.05, 3.63) is 51.8 Å². The molecule has 2 rings (SSSR count). The zero-order valence-electron chi connectivity index (χ0n) is 16.2. The second kappa shape index (κ2) is 9.41. The molecule has 7 nitrogen and oxygen atoms in total. The standard InChI is InChI=1S/C20H22ClNO6/c1-5-27-15(23)11-14-16(20(25)28-6-2)19(26-4)17(22(14)3)18(24)12-7-9-13(21)10-8-12/h7-10H,5-6,11H2,1-4H3. The predicted molar refractivity (Wildman–Crippen MR) is 103 cm³/mol. The van der Waals surface area contributed by atoms with Gasteiger partial charge in [-0.25, -0.2) is 4.79 Å². The molecule has 1 aromatic heterocycles. The first-order chi connectivity index (χ1) is 13.3. The fraction of sp³-hybridized carbons (Fsp3) is 0.350. The summed E-state index contributed by atoms with van der Waals surface area (Å²) < 4.78 is 17.0. The van der Waals surface area contributed by atoms with Crippen LogP contribution < -0.4 is 4.74 Å². The number of nitrogens with zero attached hydrogens (tertiary/aromatic N) is 1. The van der Waals surface area contributed by atoms with Crippen molar-refractivity contribution < 1.29 is 28.6 Å². The lowest BCUT2D eigenvalue weighted by Gasteiger charge is -2.08. The van der Waals surface area contributed by atoms with Crippen LogP contribution in [0.5, 0.6) is 5.75 Å². The van der Waals surface area contributed by atoms with Gasteiger partial charge in [0, 0.05) is 23.3 Å². The third kappa shape index (κ3) is 4.36. The zero-order chi connectivity index (χ0) is 20.8. The summed E-state index contributed by atoms with van der Waals surface area (Å²) in [4.78, 5) is 37.7. The molecule has 0 unspecified atom stereocenters. The number of hydrogen-bond donors (Lipinski definition) is 0. The van der Waals surface area contributed by atoms with E-state index in [4.69, 9.17) is 25.8 Å². The van der Waals surface area contributed by atoms with E-state index in [1.165, 1.54) is 11.7 Å². The molecule has 8 heteroatoms. The molecule has 150 valence electrons. The minimum absolute atomic E-state index is 0.0391. The van der Waals surface area contributed by atoms with Crippen LogP contribution in [-0.4, -0.2) is 42.6 Å². The zero-order valence-corrected chi connectivity index (χ0v) is 17.0. The normalized spacial score (nSPS) is 10.5. The van der Waals surface area contributed by atoms with E-state index in [9.17, 15) is 14.4 Å². The fourth-order valence-electron chi connectivity index (χ4n) is 2.87. The highest BCUT2D eigenvalue weighted by Crippen LogP contribution is 2.33. The van der Waals surface area contributed by atoms with Gasteiger partial charge in [-0.1, -0.05) is 11.6 Å². The van der Waals surface area contributed by atoms with Crippen molar-refractivity contribution in [2.75, 3.05) is 20.3 Å². The first-order valence-electron chi connectivity index (χ1n) is 8.74. The molecule has 0 N–H and O–H groups in total. The van der Waals surface area contributed by atoms with Crippen LogP contribution in [0.15, 0.2) is 24.3 Å². The van der Waals surface area contributed by atoms with Crippen molar-refractivity contribution in [2.24, 2.45) is 7.05 Å². The van der Waals surface area contributed by atoms with Gasteiger partial charge in [0.05, 0.1) is 26.7 Å². The van der Waals surface area contributed by atoms with E-state index in [-0.39, 0.29) is 48.1 Å². The van der Waals surface area contributed by atoms with Crippen LogP contribution >= 0.6 is 11.6 Å². The van der Waals surface area contributed by atoms with E-state index in [1.807, 2.05) is 0 Å². The Balaban J connectivity index is 2.64. The Hall–Kier alpha value is -2.80. The number of carbonyl (C=O) groups is 3. The molecule has 28 heavy (non-hydrogen) atoms. The minimum Gasteiger partial charge on any atom is -0.493 e. The Morgan fingerprint density at radius 1 is 1.04 bits per heavy atom. The molecular weight excluding hydrogens is 386 g/mol. The van der Waals surface area contributed by atoms with Gasteiger partial charge in [0.1, 0.15) is 11.3 Å². The van der Waals surface area contributed by atoms with Crippen LogP contribution in [0.1, 0.15) is 46.0 Å². The number of benzene rings is 1. The van der Waals surface area contributed by atoms with Gasteiger partial charge < -0.3 is 18.8 Å². The van der Waals surface area contributed by atoms with E-state index in [0.29, 0.717) is 10.6 Å².